The Balaban J connectivity index is -0.000000259. The van der Waals surface area contributed by atoms with Crippen molar-refractivity contribution < 1.29 is 19.8 Å². The van der Waals surface area contributed by atoms with E-state index in [2.05, 4.69) is 25.3 Å². The van der Waals surface area contributed by atoms with Gasteiger partial charge >= 0.3 is 23.9 Å². The Hall–Kier alpha value is -0.281. The number of hydrogen-bond acceptors (Lipinski definition) is 4. The molecule has 2 rings (SSSR count). The predicted octanol–water partition coefficient (Wildman–Crippen LogP) is 1.69. The van der Waals surface area contributed by atoms with E-state index in [9.17, 15) is 19.8 Å². The molecular formula is C18H18I2O4Sn. The first-order chi connectivity index (χ1) is 11.3. The average Bonchev–Trinajstić information content (AvgIpc) is 2.58. The molecule has 4 radical (unpaired) electrons. The number of aliphatic carboxylic acids is 2. The topological polar surface area (TPSA) is 80.3 Å². The number of carboxylic acid groups (broad SMARTS) is 2. The zero-order chi connectivity index (χ0) is 18.8. The van der Waals surface area contributed by atoms with Gasteiger partial charge in [0, 0.05) is 21.7 Å². The number of carboxylic acids is 2. The molecular weight excluding hydrogens is 653 g/mol. The number of carbonyl (C=O) groups is 2. The molecule has 0 saturated heterocycles. The summed E-state index contributed by atoms with van der Waals surface area (Å²) in [5.74, 6) is -2.02. The summed E-state index contributed by atoms with van der Waals surface area (Å²) in [4.78, 5) is 18.5. The molecule has 0 bridgehead atoms. The van der Waals surface area contributed by atoms with Crippen molar-refractivity contribution in [3.8, 4) is 0 Å². The zero-order valence-corrected chi connectivity index (χ0v) is 21.1. The van der Waals surface area contributed by atoms with Crippen molar-refractivity contribution >= 4 is 81.0 Å². The van der Waals surface area contributed by atoms with E-state index in [1.807, 2.05) is 49.3 Å². The summed E-state index contributed by atoms with van der Waals surface area (Å²) < 4.78 is 0.162. The minimum absolute atomic E-state index is 0. The van der Waals surface area contributed by atoms with Crippen LogP contribution in [0.5, 0.6) is 0 Å². The normalized spacial score (nSPS) is 12.5. The molecule has 2 aliphatic rings. The number of halogens is 2. The van der Waals surface area contributed by atoms with E-state index in [0.717, 1.165) is 0 Å². The van der Waals surface area contributed by atoms with Crippen LogP contribution in [0, 0.1) is 12.8 Å². The summed E-state index contributed by atoms with van der Waals surface area (Å²) in [6, 6.07) is 0. The van der Waals surface area contributed by atoms with E-state index in [-0.39, 0.29) is 32.8 Å². The van der Waals surface area contributed by atoms with Crippen molar-refractivity contribution in [2.45, 2.75) is 13.8 Å². The molecule has 0 aromatic rings. The molecule has 2 aliphatic carbocycles. The maximum absolute atomic E-state index is 9.25. The molecule has 0 fully saturated rings. The Bertz CT molecular complexity index is 528. The van der Waals surface area contributed by atoms with Crippen LogP contribution in [0.3, 0.4) is 0 Å². The SMILES string of the molecule is CC1=CC=C=C[CH]1.CC1=CC=C=C[CH]1.O=C([O-])CI.O=C([O-])CI.[Sn+2]. The molecule has 0 N–H and O–H groups in total. The number of allylic oxidation sites excluding steroid dienone is 6. The maximum Gasteiger partial charge on any atom is 2.00 e. The summed E-state index contributed by atoms with van der Waals surface area (Å²) in [5, 5.41) is 18.5. The van der Waals surface area contributed by atoms with Crippen molar-refractivity contribution in [2.24, 2.45) is 0 Å². The molecule has 25 heavy (non-hydrogen) atoms. The van der Waals surface area contributed by atoms with Crippen LogP contribution in [-0.2, 0) is 9.59 Å². The Morgan fingerprint density at radius 2 is 1.12 bits per heavy atom. The van der Waals surface area contributed by atoms with Gasteiger partial charge in [-0.1, -0.05) is 68.5 Å². The van der Waals surface area contributed by atoms with Crippen molar-refractivity contribution in [2.75, 3.05) is 8.86 Å². The van der Waals surface area contributed by atoms with E-state index < -0.39 is 11.9 Å². The van der Waals surface area contributed by atoms with Gasteiger partial charge in [0.2, 0.25) is 0 Å². The fraction of sp³-hybridized carbons (Fsp3) is 0.222. The summed E-state index contributed by atoms with van der Waals surface area (Å²) in [6.07, 6.45) is 15.8. The molecule has 0 aromatic heterocycles. The van der Waals surface area contributed by atoms with Gasteiger partial charge in [0.05, 0.1) is 11.9 Å². The molecule has 0 aromatic carbocycles. The fourth-order valence-corrected chi connectivity index (χ4v) is 0.940. The van der Waals surface area contributed by atoms with E-state index in [4.69, 9.17) is 0 Å². The Morgan fingerprint density at radius 1 is 0.840 bits per heavy atom. The van der Waals surface area contributed by atoms with Crippen LogP contribution in [0.2, 0.25) is 0 Å². The van der Waals surface area contributed by atoms with Gasteiger partial charge in [-0.3, -0.25) is 0 Å². The third-order valence-corrected chi connectivity index (χ3v) is 3.23. The maximum atomic E-state index is 9.25. The molecule has 0 amide bonds. The summed E-state index contributed by atoms with van der Waals surface area (Å²) in [7, 11) is 0. The van der Waals surface area contributed by atoms with E-state index in [0.29, 0.717) is 0 Å². The van der Waals surface area contributed by atoms with Gasteiger partial charge in [-0.25, -0.2) is 0 Å². The molecule has 0 heterocycles. The van der Waals surface area contributed by atoms with Crippen LogP contribution in [-0.4, -0.2) is 44.7 Å². The molecule has 0 saturated carbocycles. The van der Waals surface area contributed by atoms with Gasteiger partial charge in [0.15, 0.2) is 0 Å². The summed E-state index contributed by atoms with van der Waals surface area (Å²) in [5.41, 5.74) is 8.45. The van der Waals surface area contributed by atoms with Crippen LogP contribution in [0.15, 0.2) is 59.1 Å². The van der Waals surface area contributed by atoms with Gasteiger partial charge in [-0.15, -0.1) is 11.5 Å². The molecule has 4 nitrogen and oxygen atoms in total. The van der Waals surface area contributed by atoms with Crippen LogP contribution in [0.4, 0.5) is 0 Å². The first kappa shape index (κ1) is 29.5. The van der Waals surface area contributed by atoms with E-state index >= 15 is 0 Å². The Kier molecular flexibility index (Phi) is 25.7. The van der Waals surface area contributed by atoms with Crippen molar-refractivity contribution in [3.05, 3.63) is 71.9 Å². The van der Waals surface area contributed by atoms with Crippen molar-refractivity contribution in [3.63, 3.8) is 0 Å². The first-order valence-electron chi connectivity index (χ1n) is 6.70. The second-order valence-electron chi connectivity index (χ2n) is 4.17. The summed E-state index contributed by atoms with van der Waals surface area (Å²) in [6.45, 7) is 4.13. The molecule has 0 spiro atoms. The van der Waals surface area contributed by atoms with E-state index in [1.165, 1.54) is 11.1 Å². The third kappa shape index (κ3) is 28.8. The molecule has 0 atom stereocenters. The second-order valence-corrected chi connectivity index (χ2v) is 5.69. The van der Waals surface area contributed by atoms with Crippen molar-refractivity contribution in [1.29, 1.82) is 0 Å². The second kappa shape index (κ2) is 21.8. The van der Waals surface area contributed by atoms with Gasteiger partial charge in [-0.05, 0) is 38.2 Å². The quantitative estimate of drug-likeness (QED) is 0.194. The predicted molar refractivity (Wildman–Crippen MR) is 115 cm³/mol. The van der Waals surface area contributed by atoms with Gasteiger partial charge in [-0.2, -0.15) is 0 Å². The van der Waals surface area contributed by atoms with Crippen LogP contribution >= 0.6 is 45.2 Å². The molecule has 132 valence electrons. The smallest absolute Gasteiger partial charge is 0.549 e. The number of alkyl halides is 2. The number of carbonyl (C=O) groups excluding carboxylic acids is 2. The number of rotatable bonds is 2. The first-order valence-corrected chi connectivity index (χ1v) is 9.75. The van der Waals surface area contributed by atoms with Crippen LogP contribution in [0.25, 0.3) is 0 Å². The minimum Gasteiger partial charge on any atom is -0.549 e. The van der Waals surface area contributed by atoms with E-state index in [1.54, 1.807) is 45.2 Å². The average molecular weight is 671 g/mol. The minimum atomic E-state index is -1.01. The van der Waals surface area contributed by atoms with Gasteiger partial charge in [0.1, 0.15) is 0 Å². The Morgan fingerprint density at radius 3 is 1.20 bits per heavy atom. The fourth-order valence-electron chi connectivity index (χ4n) is 0.940. The van der Waals surface area contributed by atoms with Gasteiger partial charge < -0.3 is 19.8 Å². The molecule has 0 aliphatic heterocycles. The summed E-state index contributed by atoms with van der Waals surface area (Å²) >= 11 is 3.43. The zero-order valence-electron chi connectivity index (χ0n) is 13.9. The third-order valence-electron chi connectivity index (χ3n) is 1.99. The largest absolute Gasteiger partial charge is 2.00 e. The number of hydrogen-bond donors (Lipinski definition) is 0. The van der Waals surface area contributed by atoms with Crippen LogP contribution in [0.1, 0.15) is 13.8 Å². The monoisotopic (exact) mass is 672 g/mol. The van der Waals surface area contributed by atoms with Gasteiger partial charge in [0.25, 0.3) is 0 Å². The van der Waals surface area contributed by atoms with Crippen molar-refractivity contribution in [1.82, 2.24) is 0 Å². The van der Waals surface area contributed by atoms with Crippen LogP contribution < -0.4 is 10.2 Å². The molecule has 0 unspecified atom stereocenters. The molecule has 7 heteroatoms. The standard InChI is InChI=1S/2C7H7.2C2H3IO2.Sn/c2*1-7-5-3-2-4-6-7;2*3-1-2(4)5;/h2*3-6H,1H3;2*1H2,(H,4,5);/q;;;;+2/p-2. The Labute approximate surface area is 193 Å².